The number of hydroxylamine groups is 1. The quantitative estimate of drug-likeness (QED) is 0.816. The summed E-state index contributed by atoms with van der Waals surface area (Å²) in [5.41, 5.74) is -0.360. The Morgan fingerprint density at radius 2 is 1.89 bits per heavy atom. The number of nitrogens with zero attached hydrogens (tertiary/aromatic N) is 2. The van der Waals surface area contributed by atoms with Gasteiger partial charge < -0.3 is 0 Å². The van der Waals surface area contributed by atoms with Crippen LogP contribution in [0.4, 0.5) is 13.2 Å². The highest BCUT2D eigenvalue weighted by atomic mass is 35.5. The largest absolute Gasteiger partial charge is 0.435 e. The van der Waals surface area contributed by atoms with Crippen molar-refractivity contribution in [1.82, 2.24) is 15.3 Å². The van der Waals surface area contributed by atoms with Crippen LogP contribution in [-0.4, -0.2) is 23.8 Å². The van der Waals surface area contributed by atoms with Gasteiger partial charge in [0.1, 0.15) is 10.8 Å². The third-order valence-corrected chi connectivity index (χ3v) is 5.68. The van der Waals surface area contributed by atoms with Gasteiger partial charge >= 0.3 is 6.18 Å². The maximum Gasteiger partial charge on any atom is 0.435 e. The smallest absolute Gasteiger partial charge is 0.265 e. The first kappa shape index (κ1) is 19.7. The highest BCUT2D eigenvalue weighted by Gasteiger charge is 2.41. The number of sulfone groups is 1. The van der Waals surface area contributed by atoms with Gasteiger partial charge in [-0.25, -0.2) is 13.1 Å². The Morgan fingerprint density at radius 3 is 2.41 bits per heavy atom. The number of rotatable bonds is 4. The van der Waals surface area contributed by atoms with E-state index in [-0.39, 0.29) is 10.7 Å². The molecule has 1 aromatic heterocycles. The molecule has 0 amide bonds. The van der Waals surface area contributed by atoms with Gasteiger partial charge in [0.25, 0.3) is 0 Å². The zero-order valence-corrected chi connectivity index (χ0v) is 15.8. The van der Waals surface area contributed by atoms with Crippen molar-refractivity contribution in [2.24, 2.45) is 0 Å². The lowest BCUT2D eigenvalue weighted by Gasteiger charge is -2.11. The Hall–Kier alpha value is -2.04. The second-order valence-corrected chi connectivity index (χ2v) is 8.75. The zero-order chi connectivity index (χ0) is 20.0. The third kappa shape index (κ3) is 3.97. The molecular weight excluding hydrogens is 407 g/mol. The average Bonchev–Trinajstić information content (AvgIpc) is 3.09. The molecule has 0 unspecified atom stereocenters. The van der Waals surface area contributed by atoms with Gasteiger partial charge in [-0.3, -0.25) is 10.3 Å². The summed E-state index contributed by atoms with van der Waals surface area (Å²) < 4.78 is 66.4. The van der Waals surface area contributed by atoms with Gasteiger partial charge in [0.2, 0.25) is 0 Å². The van der Waals surface area contributed by atoms with Crippen LogP contribution in [-0.2, 0) is 26.6 Å². The third-order valence-electron chi connectivity index (χ3n) is 3.75. The Kier molecular flexibility index (Phi) is 4.77. The van der Waals surface area contributed by atoms with Crippen molar-refractivity contribution in [2.45, 2.75) is 31.4 Å². The Morgan fingerprint density at radius 1 is 1.26 bits per heavy atom. The lowest BCUT2D eigenvalue weighted by molar-refractivity contribution is -0.141. The second kappa shape index (κ2) is 6.54. The number of hydrogen-bond donors (Lipinski definition) is 1. The minimum Gasteiger partial charge on any atom is -0.265 e. The summed E-state index contributed by atoms with van der Waals surface area (Å²) in [5.74, 6) is -0.980. The van der Waals surface area contributed by atoms with Gasteiger partial charge in [0, 0.05) is 5.56 Å². The van der Waals surface area contributed by atoms with Crippen molar-refractivity contribution < 1.29 is 26.4 Å². The molecule has 0 radical (unpaired) electrons. The number of benzene rings is 1. The summed E-state index contributed by atoms with van der Waals surface area (Å²) >= 11 is 6.10. The summed E-state index contributed by atoms with van der Waals surface area (Å²) in [4.78, 5) is 5.08. The molecule has 2 heterocycles. The van der Waals surface area contributed by atoms with Crippen LogP contribution >= 0.6 is 11.6 Å². The fourth-order valence-electron chi connectivity index (χ4n) is 2.50. The van der Waals surface area contributed by atoms with Crippen LogP contribution < -0.4 is 5.48 Å². The topological polar surface area (TPSA) is 73.2 Å². The zero-order valence-electron chi connectivity index (χ0n) is 14.2. The monoisotopic (exact) mass is 421 g/mol. The molecule has 1 aliphatic rings. The summed E-state index contributed by atoms with van der Waals surface area (Å²) in [6.45, 7) is 3.20. The molecule has 0 atom stereocenters. The molecule has 0 saturated carbocycles. The predicted molar refractivity (Wildman–Crippen MR) is 92.6 cm³/mol. The first-order valence-electron chi connectivity index (χ1n) is 7.70. The molecule has 0 fully saturated rings. The van der Waals surface area contributed by atoms with E-state index in [9.17, 15) is 21.6 Å². The number of aromatic nitrogens is 2. The lowest BCUT2D eigenvalue weighted by atomic mass is 10.1. The molecule has 0 spiro atoms. The number of nitrogens with one attached hydrogen (secondary N) is 1. The first-order chi connectivity index (χ1) is 12.4. The molecule has 6 nitrogen and oxygen atoms in total. The predicted octanol–water partition coefficient (Wildman–Crippen LogP) is 3.61. The standard InChI is InChI=1S/C16H15ClF3N3O3S/c1-15(2)8-12(22-26-15)27(24,25)9-11-13(16(18,19)20)21-23(14(11)17)10-6-4-3-5-7-10/h3-8,22H,9H2,1-2H3. The molecule has 3 rings (SSSR count). The van der Waals surface area contributed by atoms with E-state index in [2.05, 4.69) is 10.6 Å². The summed E-state index contributed by atoms with van der Waals surface area (Å²) in [6, 6.07) is 7.90. The van der Waals surface area contributed by atoms with Crippen LogP contribution in [0.5, 0.6) is 0 Å². The van der Waals surface area contributed by atoms with E-state index < -0.39 is 43.8 Å². The fraction of sp³-hybridized carbons (Fsp3) is 0.312. The van der Waals surface area contributed by atoms with Gasteiger partial charge in [-0.2, -0.15) is 18.3 Å². The lowest BCUT2D eigenvalue weighted by Crippen LogP contribution is -2.22. The molecule has 11 heteroatoms. The number of alkyl halides is 3. The van der Waals surface area contributed by atoms with Crippen molar-refractivity contribution in [3.05, 3.63) is 57.8 Å². The molecule has 0 bridgehead atoms. The molecule has 2 aromatic rings. The first-order valence-corrected chi connectivity index (χ1v) is 9.73. The Labute approximate surface area is 158 Å². The minimum absolute atomic E-state index is 0.277. The van der Waals surface area contributed by atoms with Crippen LogP contribution in [0, 0.1) is 0 Å². The van der Waals surface area contributed by atoms with E-state index in [1.807, 2.05) is 0 Å². The van der Waals surface area contributed by atoms with Crippen molar-refractivity contribution in [3.8, 4) is 5.69 Å². The number of hydrogen-bond acceptors (Lipinski definition) is 5. The van der Waals surface area contributed by atoms with Gasteiger partial charge in [-0.15, -0.1) is 0 Å². The van der Waals surface area contributed by atoms with Gasteiger partial charge in [-0.05, 0) is 32.1 Å². The maximum atomic E-state index is 13.4. The fourth-order valence-corrected chi connectivity index (χ4v) is 4.32. The van der Waals surface area contributed by atoms with Crippen molar-refractivity contribution in [1.29, 1.82) is 0 Å². The van der Waals surface area contributed by atoms with Crippen LogP contribution in [0.3, 0.4) is 0 Å². The Bertz CT molecular complexity index is 999. The highest BCUT2D eigenvalue weighted by molar-refractivity contribution is 7.94. The van der Waals surface area contributed by atoms with Gasteiger partial charge in [-0.1, -0.05) is 29.8 Å². The molecular formula is C16H15ClF3N3O3S. The second-order valence-electron chi connectivity index (χ2n) is 6.44. The van der Waals surface area contributed by atoms with E-state index in [0.29, 0.717) is 0 Å². The van der Waals surface area contributed by atoms with Gasteiger partial charge in [0.05, 0.1) is 11.4 Å². The normalized spacial score (nSPS) is 16.9. The van der Waals surface area contributed by atoms with E-state index in [4.69, 9.17) is 16.4 Å². The molecule has 146 valence electrons. The maximum absolute atomic E-state index is 13.4. The van der Waals surface area contributed by atoms with Crippen molar-refractivity contribution >= 4 is 21.4 Å². The summed E-state index contributed by atoms with van der Waals surface area (Å²) in [6.07, 6.45) is -3.59. The molecule has 1 aliphatic heterocycles. The van der Waals surface area contributed by atoms with E-state index in [1.165, 1.54) is 18.2 Å². The van der Waals surface area contributed by atoms with Crippen LogP contribution in [0.1, 0.15) is 25.1 Å². The van der Waals surface area contributed by atoms with Crippen LogP contribution in [0.25, 0.3) is 5.69 Å². The van der Waals surface area contributed by atoms with E-state index >= 15 is 0 Å². The van der Waals surface area contributed by atoms with Crippen LogP contribution in [0.15, 0.2) is 41.4 Å². The minimum atomic E-state index is -4.87. The number of para-hydroxylation sites is 1. The number of halogens is 4. The van der Waals surface area contributed by atoms with Crippen molar-refractivity contribution in [2.75, 3.05) is 0 Å². The molecule has 0 saturated heterocycles. The van der Waals surface area contributed by atoms with Crippen molar-refractivity contribution in [3.63, 3.8) is 0 Å². The Balaban J connectivity index is 2.09. The molecule has 27 heavy (non-hydrogen) atoms. The molecule has 1 aromatic carbocycles. The SMILES string of the molecule is CC1(C)C=C(S(=O)(=O)Cc2c(C(F)(F)F)nn(-c3ccccc3)c2Cl)NO1. The summed E-state index contributed by atoms with van der Waals surface area (Å²) in [5, 5.41) is 2.78. The van der Waals surface area contributed by atoms with E-state index in [0.717, 1.165) is 4.68 Å². The van der Waals surface area contributed by atoms with Gasteiger partial charge in [0.15, 0.2) is 20.6 Å². The summed E-state index contributed by atoms with van der Waals surface area (Å²) in [7, 11) is -4.17. The molecule has 1 N–H and O–H groups in total. The van der Waals surface area contributed by atoms with E-state index in [1.54, 1.807) is 32.0 Å². The molecule has 0 aliphatic carbocycles. The highest BCUT2D eigenvalue weighted by Crippen LogP contribution is 2.37. The van der Waals surface area contributed by atoms with Crippen LogP contribution in [0.2, 0.25) is 5.15 Å². The average molecular weight is 422 g/mol.